The van der Waals surface area contributed by atoms with Gasteiger partial charge in [0.1, 0.15) is 0 Å². The minimum absolute atomic E-state index is 0.524. The summed E-state index contributed by atoms with van der Waals surface area (Å²) in [4.78, 5) is 0. The molecule has 1 saturated heterocycles. The van der Waals surface area contributed by atoms with Crippen LogP contribution in [-0.4, -0.2) is 27.6 Å². The average molecular weight is 202 g/mol. The van der Waals surface area contributed by atoms with Crippen LogP contribution in [-0.2, 0) is 9.16 Å². The minimum atomic E-state index is -1.32. The summed E-state index contributed by atoms with van der Waals surface area (Å²) in [5.74, 6) is 0. The number of epoxide rings is 1. The molecule has 0 aromatic carbocycles. The summed E-state index contributed by atoms with van der Waals surface area (Å²) in [5, 5.41) is 0. The van der Waals surface area contributed by atoms with Crippen LogP contribution in [0, 0.1) is 0 Å². The first-order valence-electron chi connectivity index (χ1n) is 5.39. The third-order valence-corrected chi connectivity index (χ3v) is 5.01. The first kappa shape index (κ1) is 11.2. The van der Waals surface area contributed by atoms with E-state index in [4.69, 9.17) is 9.16 Å². The summed E-state index contributed by atoms with van der Waals surface area (Å²) < 4.78 is 11.1. The Balaban J connectivity index is 2.01. The number of unbranched alkanes of at least 4 members (excludes halogenated alkanes) is 1. The largest absolute Gasteiger partial charge is 0.417 e. The van der Waals surface area contributed by atoms with Gasteiger partial charge in [0.2, 0.25) is 0 Å². The van der Waals surface area contributed by atoms with Crippen LogP contribution in [0.5, 0.6) is 0 Å². The van der Waals surface area contributed by atoms with Crippen LogP contribution in [0.3, 0.4) is 0 Å². The Morgan fingerprint density at radius 3 is 2.69 bits per heavy atom. The summed E-state index contributed by atoms with van der Waals surface area (Å²) in [6, 6.07) is 1.30. The van der Waals surface area contributed by atoms with E-state index in [1.54, 1.807) is 0 Å². The van der Waals surface area contributed by atoms with E-state index in [1.165, 1.54) is 18.9 Å². The highest BCUT2D eigenvalue weighted by molar-refractivity contribution is 6.71. The maximum atomic E-state index is 5.94. The monoisotopic (exact) mass is 202 g/mol. The van der Waals surface area contributed by atoms with Crippen molar-refractivity contribution in [2.75, 3.05) is 13.2 Å². The van der Waals surface area contributed by atoms with Gasteiger partial charge in [-0.25, -0.2) is 0 Å². The Kier molecular flexibility index (Phi) is 4.42. The van der Waals surface area contributed by atoms with Crippen molar-refractivity contribution in [3.8, 4) is 0 Å². The van der Waals surface area contributed by atoms with Crippen molar-refractivity contribution >= 4 is 8.32 Å². The molecule has 0 N–H and O–H groups in total. The summed E-state index contributed by atoms with van der Waals surface area (Å²) in [6.07, 6.45) is 4.23. The molecule has 0 unspecified atom stereocenters. The fraction of sp³-hybridized carbons (Fsp3) is 1.00. The molecular weight excluding hydrogens is 180 g/mol. The number of ether oxygens (including phenoxy) is 1. The number of hydrogen-bond donors (Lipinski definition) is 0. The highest BCUT2D eigenvalue weighted by Gasteiger charge is 2.25. The first-order valence-corrected chi connectivity index (χ1v) is 8.51. The van der Waals surface area contributed by atoms with Gasteiger partial charge in [0, 0.05) is 6.61 Å². The lowest BCUT2D eigenvalue weighted by Crippen LogP contribution is -2.30. The summed E-state index contributed by atoms with van der Waals surface area (Å²) in [6.45, 7) is 8.74. The Morgan fingerprint density at radius 1 is 1.46 bits per heavy atom. The molecule has 13 heavy (non-hydrogen) atoms. The van der Waals surface area contributed by atoms with E-state index in [1.807, 2.05) is 0 Å². The van der Waals surface area contributed by atoms with E-state index in [9.17, 15) is 0 Å². The van der Waals surface area contributed by atoms with Crippen LogP contribution < -0.4 is 0 Å². The Labute approximate surface area is 82.7 Å². The molecule has 1 aliphatic rings. The molecule has 1 heterocycles. The van der Waals surface area contributed by atoms with Crippen LogP contribution in [0.15, 0.2) is 0 Å². The number of hydrogen-bond acceptors (Lipinski definition) is 2. The second kappa shape index (κ2) is 5.13. The highest BCUT2D eigenvalue weighted by Crippen LogP contribution is 2.18. The average Bonchev–Trinajstić information content (AvgIpc) is 2.84. The molecule has 0 saturated carbocycles. The van der Waals surface area contributed by atoms with E-state index in [0.29, 0.717) is 6.10 Å². The van der Waals surface area contributed by atoms with Gasteiger partial charge in [-0.3, -0.25) is 0 Å². The Hall–Kier alpha value is 0.137. The molecule has 1 aliphatic heterocycles. The van der Waals surface area contributed by atoms with Crippen molar-refractivity contribution in [2.24, 2.45) is 0 Å². The molecular formula is C10H22O2Si. The van der Waals surface area contributed by atoms with Crippen LogP contribution in [0.2, 0.25) is 19.1 Å². The first-order chi connectivity index (χ1) is 6.14. The molecule has 0 aromatic heterocycles. The maximum absolute atomic E-state index is 5.94. The van der Waals surface area contributed by atoms with E-state index < -0.39 is 8.32 Å². The lowest BCUT2D eigenvalue weighted by Gasteiger charge is -2.22. The molecule has 2 nitrogen and oxygen atoms in total. The standard InChI is InChI=1S/C10H22O2Si/c1-4-5-8-13(2,3)12-7-6-10-9-11-10/h10H,4-9H2,1-3H3/t10-/m1/s1. The van der Waals surface area contributed by atoms with Crippen molar-refractivity contribution in [3.63, 3.8) is 0 Å². The van der Waals surface area contributed by atoms with Crippen LogP contribution >= 0.6 is 0 Å². The topological polar surface area (TPSA) is 21.8 Å². The van der Waals surface area contributed by atoms with Gasteiger partial charge in [-0.1, -0.05) is 19.8 Å². The third-order valence-electron chi connectivity index (χ3n) is 2.47. The Morgan fingerprint density at radius 2 is 2.15 bits per heavy atom. The quantitative estimate of drug-likeness (QED) is 0.468. The van der Waals surface area contributed by atoms with Crippen molar-refractivity contribution in [1.82, 2.24) is 0 Å². The zero-order chi connectivity index (χ0) is 9.73. The predicted octanol–water partition coefficient (Wildman–Crippen LogP) is 2.80. The van der Waals surface area contributed by atoms with Crippen molar-refractivity contribution < 1.29 is 9.16 Å². The maximum Gasteiger partial charge on any atom is 0.186 e. The lowest BCUT2D eigenvalue weighted by molar-refractivity contribution is 0.274. The van der Waals surface area contributed by atoms with Gasteiger partial charge < -0.3 is 9.16 Å². The van der Waals surface area contributed by atoms with Gasteiger partial charge in [-0.15, -0.1) is 0 Å². The van der Waals surface area contributed by atoms with Crippen LogP contribution in [0.4, 0.5) is 0 Å². The third kappa shape index (κ3) is 5.44. The minimum Gasteiger partial charge on any atom is -0.417 e. The van der Waals surface area contributed by atoms with Gasteiger partial charge >= 0.3 is 0 Å². The molecule has 0 aliphatic carbocycles. The summed E-state index contributed by atoms with van der Waals surface area (Å²) >= 11 is 0. The van der Waals surface area contributed by atoms with Gasteiger partial charge in [0.15, 0.2) is 8.32 Å². The summed E-state index contributed by atoms with van der Waals surface area (Å²) in [5.41, 5.74) is 0. The molecule has 1 atom stereocenters. The molecule has 0 aromatic rings. The normalized spacial score (nSPS) is 21.9. The summed E-state index contributed by atoms with van der Waals surface area (Å²) in [7, 11) is -1.32. The highest BCUT2D eigenvalue weighted by atomic mass is 28.4. The van der Waals surface area contributed by atoms with Gasteiger partial charge in [-0.05, 0) is 25.6 Å². The molecule has 0 spiro atoms. The molecule has 3 heteroatoms. The molecule has 1 rings (SSSR count). The van der Waals surface area contributed by atoms with Gasteiger partial charge in [-0.2, -0.15) is 0 Å². The zero-order valence-electron chi connectivity index (χ0n) is 9.14. The SMILES string of the molecule is CCCC[Si](C)(C)OCC[C@@H]1CO1. The predicted molar refractivity (Wildman–Crippen MR) is 57.5 cm³/mol. The van der Waals surface area contributed by atoms with Gasteiger partial charge in [0.25, 0.3) is 0 Å². The van der Waals surface area contributed by atoms with Gasteiger partial charge in [0.05, 0.1) is 12.7 Å². The molecule has 0 bridgehead atoms. The van der Waals surface area contributed by atoms with E-state index in [2.05, 4.69) is 20.0 Å². The van der Waals surface area contributed by atoms with Crippen LogP contribution in [0.25, 0.3) is 0 Å². The molecule has 0 radical (unpaired) electrons. The zero-order valence-corrected chi connectivity index (χ0v) is 10.1. The van der Waals surface area contributed by atoms with Crippen molar-refractivity contribution in [3.05, 3.63) is 0 Å². The van der Waals surface area contributed by atoms with Crippen molar-refractivity contribution in [2.45, 2.75) is 51.4 Å². The lowest BCUT2D eigenvalue weighted by atomic mass is 10.4. The van der Waals surface area contributed by atoms with Crippen molar-refractivity contribution in [1.29, 1.82) is 0 Å². The van der Waals surface area contributed by atoms with E-state index >= 15 is 0 Å². The fourth-order valence-electron chi connectivity index (χ4n) is 1.38. The van der Waals surface area contributed by atoms with Crippen LogP contribution in [0.1, 0.15) is 26.2 Å². The second-order valence-corrected chi connectivity index (χ2v) is 8.76. The fourth-order valence-corrected chi connectivity index (χ4v) is 3.40. The smallest absolute Gasteiger partial charge is 0.186 e. The molecule has 78 valence electrons. The van der Waals surface area contributed by atoms with E-state index in [-0.39, 0.29) is 0 Å². The molecule has 1 fully saturated rings. The molecule has 0 amide bonds. The van der Waals surface area contributed by atoms with E-state index in [0.717, 1.165) is 19.6 Å². The number of rotatable bonds is 7. The second-order valence-electron chi connectivity index (χ2n) is 4.46. The Bertz CT molecular complexity index is 144.